The Labute approximate surface area is 179 Å². The number of rotatable bonds is 9. The Balaban J connectivity index is 1.42. The van der Waals surface area contributed by atoms with Crippen LogP contribution in [0.15, 0.2) is 59.6 Å². The number of nitrogens with zero attached hydrogens (tertiary/aromatic N) is 2. The fraction of sp³-hybridized carbons (Fsp3) is 0.458. The summed E-state index contributed by atoms with van der Waals surface area (Å²) in [5.41, 5.74) is 2.40. The lowest BCUT2D eigenvalue weighted by atomic mass is 10.1. The van der Waals surface area contributed by atoms with E-state index >= 15 is 0 Å². The first-order valence-corrected chi connectivity index (χ1v) is 10.6. The first-order chi connectivity index (χ1) is 14.7. The number of hydrogen-bond acceptors (Lipinski definition) is 4. The van der Waals surface area contributed by atoms with Gasteiger partial charge in [0.1, 0.15) is 12.4 Å². The normalized spacial score (nSPS) is 15.1. The van der Waals surface area contributed by atoms with Gasteiger partial charge in [-0.05, 0) is 36.1 Å². The summed E-state index contributed by atoms with van der Waals surface area (Å²) in [7, 11) is 3.82. The predicted octanol–water partition coefficient (Wildman–Crippen LogP) is 3.47. The number of nitrogens with one attached hydrogen (secondary N) is 1. The van der Waals surface area contributed by atoms with Gasteiger partial charge >= 0.3 is 0 Å². The molecule has 0 spiro atoms. The Morgan fingerprint density at radius 3 is 2.63 bits per heavy atom. The average molecular weight is 412 g/mol. The number of hydrogen-bond donors (Lipinski definition) is 1. The third-order valence-electron chi connectivity index (χ3n) is 5.11. The fourth-order valence-corrected chi connectivity index (χ4v) is 3.37. The van der Waals surface area contributed by atoms with E-state index in [4.69, 9.17) is 14.2 Å². The first-order valence-electron chi connectivity index (χ1n) is 10.6. The van der Waals surface area contributed by atoms with Gasteiger partial charge in [0.15, 0.2) is 5.96 Å². The highest BCUT2D eigenvalue weighted by Crippen LogP contribution is 2.14. The van der Waals surface area contributed by atoms with Gasteiger partial charge in [-0.25, -0.2) is 0 Å². The average Bonchev–Trinajstić information content (AvgIpc) is 2.80. The van der Waals surface area contributed by atoms with E-state index in [1.54, 1.807) is 7.05 Å². The van der Waals surface area contributed by atoms with Crippen molar-refractivity contribution >= 4 is 5.96 Å². The molecule has 30 heavy (non-hydrogen) atoms. The lowest BCUT2D eigenvalue weighted by molar-refractivity contribution is -0.0390. The molecule has 1 aliphatic heterocycles. The van der Waals surface area contributed by atoms with Crippen LogP contribution >= 0.6 is 0 Å². The van der Waals surface area contributed by atoms with Crippen molar-refractivity contribution in [1.29, 1.82) is 0 Å². The maximum absolute atomic E-state index is 6.04. The molecule has 0 bridgehead atoms. The number of ether oxygens (including phenoxy) is 3. The van der Waals surface area contributed by atoms with Gasteiger partial charge in [-0.15, -0.1) is 0 Å². The maximum atomic E-state index is 6.04. The van der Waals surface area contributed by atoms with E-state index in [0.29, 0.717) is 25.9 Å². The van der Waals surface area contributed by atoms with E-state index in [0.717, 1.165) is 44.3 Å². The lowest BCUT2D eigenvalue weighted by Gasteiger charge is -2.23. The highest BCUT2D eigenvalue weighted by molar-refractivity contribution is 5.79. The summed E-state index contributed by atoms with van der Waals surface area (Å²) < 4.78 is 17.2. The van der Waals surface area contributed by atoms with Crippen molar-refractivity contribution in [3.8, 4) is 5.75 Å². The Kier molecular flexibility index (Phi) is 9.00. The molecular formula is C24H33N3O3. The van der Waals surface area contributed by atoms with Gasteiger partial charge in [0, 0.05) is 33.9 Å². The van der Waals surface area contributed by atoms with Gasteiger partial charge in [-0.1, -0.05) is 42.5 Å². The third-order valence-corrected chi connectivity index (χ3v) is 5.11. The predicted molar refractivity (Wildman–Crippen MR) is 120 cm³/mol. The standard InChI is InChI=1S/C24H33N3O3/c1-25-24(27(2)13-16-29-22-9-4-3-5-10-22)26-18-20-7-6-8-21(17-20)19-30-23-11-14-28-15-12-23/h3-10,17,23H,11-16,18-19H2,1-2H3,(H,25,26). The van der Waals surface area contributed by atoms with E-state index in [1.165, 1.54) is 11.1 Å². The minimum atomic E-state index is 0.311. The van der Waals surface area contributed by atoms with Crippen LogP contribution in [-0.2, 0) is 22.6 Å². The molecule has 2 aromatic carbocycles. The summed E-state index contributed by atoms with van der Waals surface area (Å²) >= 11 is 0. The van der Waals surface area contributed by atoms with Gasteiger partial charge < -0.3 is 24.4 Å². The summed E-state index contributed by atoms with van der Waals surface area (Å²) in [5.74, 6) is 1.73. The largest absolute Gasteiger partial charge is 0.492 e. The zero-order valence-corrected chi connectivity index (χ0v) is 18.0. The second kappa shape index (κ2) is 12.2. The van der Waals surface area contributed by atoms with Crippen LogP contribution in [0.25, 0.3) is 0 Å². The fourth-order valence-electron chi connectivity index (χ4n) is 3.37. The van der Waals surface area contributed by atoms with Gasteiger partial charge in [-0.2, -0.15) is 0 Å². The van der Waals surface area contributed by atoms with Crippen LogP contribution < -0.4 is 10.1 Å². The Morgan fingerprint density at radius 1 is 1.10 bits per heavy atom. The van der Waals surface area contributed by atoms with Crippen LogP contribution in [0.1, 0.15) is 24.0 Å². The number of aliphatic imine (C=N–C) groups is 1. The zero-order chi connectivity index (χ0) is 21.0. The van der Waals surface area contributed by atoms with Crippen molar-refractivity contribution < 1.29 is 14.2 Å². The van der Waals surface area contributed by atoms with Crippen molar-refractivity contribution in [3.63, 3.8) is 0 Å². The molecule has 1 aliphatic rings. The summed E-state index contributed by atoms with van der Waals surface area (Å²) in [6, 6.07) is 18.4. The molecule has 0 amide bonds. The lowest BCUT2D eigenvalue weighted by Crippen LogP contribution is -2.40. The van der Waals surface area contributed by atoms with E-state index < -0.39 is 0 Å². The molecule has 0 atom stereocenters. The molecule has 6 heteroatoms. The Hall–Kier alpha value is -2.57. The smallest absolute Gasteiger partial charge is 0.193 e. The van der Waals surface area contributed by atoms with Gasteiger partial charge in [0.05, 0.1) is 19.3 Å². The number of para-hydroxylation sites is 1. The molecule has 0 unspecified atom stereocenters. The SMILES string of the molecule is CN=C(NCc1cccc(COC2CCOCC2)c1)N(C)CCOc1ccccc1. The first kappa shape index (κ1) is 22.1. The molecule has 2 aromatic rings. The molecule has 3 rings (SSSR count). The van der Waals surface area contributed by atoms with Crippen molar-refractivity contribution in [3.05, 3.63) is 65.7 Å². The van der Waals surface area contributed by atoms with Crippen LogP contribution in [0.4, 0.5) is 0 Å². The van der Waals surface area contributed by atoms with Crippen molar-refractivity contribution in [2.45, 2.75) is 32.1 Å². The van der Waals surface area contributed by atoms with Crippen molar-refractivity contribution in [2.75, 3.05) is 40.5 Å². The number of likely N-dealkylation sites (N-methyl/N-ethyl adjacent to an activating group) is 1. The highest BCUT2D eigenvalue weighted by Gasteiger charge is 2.14. The van der Waals surface area contributed by atoms with Gasteiger partial charge in [0.2, 0.25) is 0 Å². The topological polar surface area (TPSA) is 55.3 Å². The van der Waals surface area contributed by atoms with Crippen LogP contribution in [0.2, 0.25) is 0 Å². The quantitative estimate of drug-likeness (QED) is 0.506. The summed E-state index contributed by atoms with van der Waals surface area (Å²) in [5, 5.41) is 3.43. The molecule has 1 N–H and O–H groups in total. The molecule has 6 nitrogen and oxygen atoms in total. The van der Waals surface area contributed by atoms with Crippen LogP contribution in [0.3, 0.4) is 0 Å². The molecule has 0 aromatic heterocycles. The molecular weight excluding hydrogens is 378 g/mol. The van der Waals surface area contributed by atoms with Gasteiger partial charge in [-0.3, -0.25) is 4.99 Å². The molecule has 0 saturated carbocycles. The van der Waals surface area contributed by atoms with E-state index in [1.807, 2.05) is 37.4 Å². The van der Waals surface area contributed by atoms with E-state index in [-0.39, 0.29) is 0 Å². The van der Waals surface area contributed by atoms with E-state index in [9.17, 15) is 0 Å². The second-order valence-electron chi connectivity index (χ2n) is 7.43. The second-order valence-corrected chi connectivity index (χ2v) is 7.43. The molecule has 162 valence electrons. The van der Waals surface area contributed by atoms with Crippen LogP contribution in [0.5, 0.6) is 5.75 Å². The van der Waals surface area contributed by atoms with Gasteiger partial charge in [0.25, 0.3) is 0 Å². The summed E-state index contributed by atoms with van der Waals surface area (Å²) in [4.78, 5) is 6.46. The molecule has 0 radical (unpaired) electrons. The van der Waals surface area contributed by atoms with E-state index in [2.05, 4.69) is 39.5 Å². The molecule has 1 saturated heterocycles. The minimum Gasteiger partial charge on any atom is -0.492 e. The monoisotopic (exact) mass is 411 g/mol. The summed E-state index contributed by atoms with van der Waals surface area (Å²) in [6.07, 6.45) is 2.28. The highest BCUT2D eigenvalue weighted by atomic mass is 16.5. The Morgan fingerprint density at radius 2 is 1.87 bits per heavy atom. The van der Waals surface area contributed by atoms with Crippen molar-refractivity contribution in [2.24, 2.45) is 4.99 Å². The molecule has 0 aliphatic carbocycles. The number of guanidine groups is 1. The molecule has 1 fully saturated rings. The molecule has 1 heterocycles. The maximum Gasteiger partial charge on any atom is 0.193 e. The van der Waals surface area contributed by atoms with Crippen LogP contribution in [-0.4, -0.2) is 57.4 Å². The zero-order valence-electron chi connectivity index (χ0n) is 18.0. The van der Waals surface area contributed by atoms with Crippen LogP contribution in [0, 0.1) is 0 Å². The summed E-state index contributed by atoms with van der Waals surface area (Å²) in [6.45, 7) is 4.30. The van der Waals surface area contributed by atoms with Crippen molar-refractivity contribution in [1.82, 2.24) is 10.2 Å². The third kappa shape index (κ3) is 7.35. The minimum absolute atomic E-state index is 0.311. The number of benzene rings is 2. The Bertz CT molecular complexity index is 776.